The Balaban J connectivity index is 2.07. The van der Waals surface area contributed by atoms with Crippen LogP contribution in [0.2, 0.25) is 0 Å². The lowest BCUT2D eigenvalue weighted by Gasteiger charge is -2.12. The van der Waals surface area contributed by atoms with E-state index in [0.29, 0.717) is 0 Å². The second-order valence-corrected chi connectivity index (χ2v) is 4.54. The van der Waals surface area contributed by atoms with E-state index in [0.717, 1.165) is 36.2 Å². The van der Waals surface area contributed by atoms with Crippen LogP contribution in [0.5, 0.6) is 0 Å². The predicted octanol–water partition coefficient (Wildman–Crippen LogP) is 1.40. The predicted molar refractivity (Wildman–Crippen MR) is 64.7 cm³/mol. The van der Waals surface area contributed by atoms with Crippen LogP contribution in [0, 0.1) is 13.8 Å². The summed E-state index contributed by atoms with van der Waals surface area (Å²) in [5.74, 6) is 0.0421. The molecular weight excluding hydrogens is 200 g/mol. The SMILES string of the molecule is Cc1cc(C)cc(C(=O)NC2CCNC2)c1. The highest BCUT2D eigenvalue weighted by Gasteiger charge is 2.17. The Hall–Kier alpha value is -1.35. The molecule has 2 N–H and O–H groups in total. The van der Waals surface area contributed by atoms with Crippen LogP contribution in [0.4, 0.5) is 0 Å². The van der Waals surface area contributed by atoms with E-state index in [1.807, 2.05) is 26.0 Å². The van der Waals surface area contributed by atoms with Gasteiger partial charge in [-0.25, -0.2) is 0 Å². The molecule has 0 radical (unpaired) electrons. The first-order chi connectivity index (χ1) is 7.65. The molecular formula is C13H18N2O. The van der Waals surface area contributed by atoms with Crippen molar-refractivity contribution >= 4 is 5.91 Å². The van der Waals surface area contributed by atoms with Crippen molar-refractivity contribution in [1.29, 1.82) is 0 Å². The average molecular weight is 218 g/mol. The van der Waals surface area contributed by atoms with Gasteiger partial charge >= 0.3 is 0 Å². The summed E-state index contributed by atoms with van der Waals surface area (Å²) in [6.45, 7) is 5.91. The van der Waals surface area contributed by atoms with Crippen molar-refractivity contribution in [3.8, 4) is 0 Å². The van der Waals surface area contributed by atoms with Crippen LogP contribution >= 0.6 is 0 Å². The number of carbonyl (C=O) groups excluding carboxylic acids is 1. The normalized spacial score (nSPS) is 19.8. The Morgan fingerprint density at radius 1 is 1.31 bits per heavy atom. The number of amides is 1. The van der Waals surface area contributed by atoms with Crippen LogP contribution in [-0.4, -0.2) is 25.0 Å². The molecule has 0 saturated carbocycles. The fourth-order valence-electron chi connectivity index (χ4n) is 2.15. The van der Waals surface area contributed by atoms with Crippen molar-refractivity contribution < 1.29 is 4.79 Å². The molecule has 1 saturated heterocycles. The van der Waals surface area contributed by atoms with E-state index in [-0.39, 0.29) is 11.9 Å². The summed E-state index contributed by atoms with van der Waals surface area (Å²) in [6.07, 6.45) is 1.02. The van der Waals surface area contributed by atoms with Gasteiger partial charge in [0.2, 0.25) is 0 Å². The Labute approximate surface area is 96.2 Å². The summed E-state index contributed by atoms with van der Waals surface area (Å²) in [7, 11) is 0. The summed E-state index contributed by atoms with van der Waals surface area (Å²) >= 11 is 0. The van der Waals surface area contributed by atoms with Crippen molar-refractivity contribution in [3.05, 3.63) is 34.9 Å². The van der Waals surface area contributed by atoms with Crippen molar-refractivity contribution in [2.45, 2.75) is 26.3 Å². The maximum absolute atomic E-state index is 12.0. The Morgan fingerprint density at radius 3 is 2.56 bits per heavy atom. The van der Waals surface area contributed by atoms with Crippen molar-refractivity contribution in [1.82, 2.24) is 10.6 Å². The van der Waals surface area contributed by atoms with Crippen LogP contribution < -0.4 is 10.6 Å². The highest BCUT2D eigenvalue weighted by Crippen LogP contribution is 2.09. The van der Waals surface area contributed by atoms with Gasteiger partial charge in [0.25, 0.3) is 5.91 Å². The molecule has 3 nitrogen and oxygen atoms in total. The van der Waals surface area contributed by atoms with Gasteiger partial charge in [0.05, 0.1) is 0 Å². The molecule has 0 bridgehead atoms. The lowest BCUT2D eigenvalue weighted by atomic mass is 10.1. The van der Waals surface area contributed by atoms with Crippen LogP contribution in [0.15, 0.2) is 18.2 Å². The van der Waals surface area contributed by atoms with Gasteiger partial charge in [0, 0.05) is 18.2 Å². The number of hydrogen-bond donors (Lipinski definition) is 2. The fraction of sp³-hybridized carbons (Fsp3) is 0.462. The summed E-state index contributed by atoms with van der Waals surface area (Å²) in [5.41, 5.74) is 3.04. The summed E-state index contributed by atoms with van der Waals surface area (Å²) in [4.78, 5) is 12.0. The highest BCUT2D eigenvalue weighted by atomic mass is 16.1. The minimum atomic E-state index is 0.0421. The average Bonchev–Trinajstić information content (AvgIpc) is 2.68. The van der Waals surface area contributed by atoms with E-state index in [1.54, 1.807) is 0 Å². The molecule has 1 aliphatic rings. The maximum Gasteiger partial charge on any atom is 0.251 e. The molecule has 16 heavy (non-hydrogen) atoms. The van der Waals surface area contributed by atoms with E-state index in [1.165, 1.54) is 0 Å². The molecule has 1 aliphatic heterocycles. The minimum Gasteiger partial charge on any atom is -0.348 e. The molecule has 1 heterocycles. The fourth-order valence-corrected chi connectivity index (χ4v) is 2.15. The first kappa shape index (κ1) is 11.1. The molecule has 0 aliphatic carbocycles. The quantitative estimate of drug-likeness (QED) is 0.787. The molecule has 1 amide bonds. The Kier molecular flexibility index (Phi) is 3.25. The van der Waals surface area contributed by atoms with Gasteiger partial charge < -0.3 is 10.6 Å². The number of aryl methyl sites for hydroxylation is 2. The van der Waals surface area contributed by atoms with Gasteiger partial charge in [-0.15, -0.1) is 0 Å². The second kappa shape index (κ2) is 4.66. The van der Waals surface area contributed by atoms with Gasteiger partial charge in [-0.3, -0.25) is 4.79 Å². The third-order valence-corrected chi connectivity index (χ3v) is 2.88. The van der Waals surface area contributed by atoms with E-state index in [4.69, 9.17) is 0 Å². The molecule has 1 aromatic rings. The first-order valence-electron chi connectivity index (χ1n) is 5.75. The van der Waals surface area contributed by atoms with Gasteiger partial charge in [-0.05, 0) is 38.9 Å². The number of nitrogens with one attached hydrogen (secondary N) is 2. The van der Waals surface area contributed by atoms with Crippen LogP contribution in [-0.2, 0) is 0 Å². The highest BCUT2D eigenvalue weighted by molar-refractivity contribution is 5.94. The molecule has 0 aromatic heterocycles. The molecule has 1 aromatic carbocycles. The van der Waals surface area contributed by atoms with Crippen molar-refractivity contribution in [3.63, 3.8) is 0 Å². The van der Waals surface area contributed by atoms with Crippen LogP contribution in [0.1, 0.15) is 27.9 Å². The van der Waals surface area contributed by atoms with Crippen molar-refractivity contribution in [2.75, 3.05) is 13.1 Å². The second-order valence-electron chi connectivity index (χ2n) is 4.54. The maximum atomic E-state index is 12.0. The topological polar surface area (TPSA) is 41.1 Å². The number of rotatable bonds is 2. The Morgan fingerprint density at radius 2 is 2.00 bits per heavy atom. The largest absolute Gasteiger partial charge is 0.348 e. The minimum absolute atomic E-state index is 0.0421. The van der Waals surface area contributed by atoms with Gasteiger partial charge in [-0.2, -0.15) is 0 Å². The van der Waals surface area contributed by atoms with Gasteiger partial charge in [0.15, 0.2) is 0 Å². The monoisotopic (exact) mass is 218 g/mol. The van der Waals surface area contributed by atoms with E-state index >= 15 is 0 Å². The summed E-state index contributed by atoms with van der Waals surface area (Å²) in [6, 6.07) is 6.23. The van der Waals surface area contributed by atoms with E-state index < -0.39 is 0 Å². The molecule has 1 fully saturated rings. The summed E-state index contributed by atoms with van der Waals surface area (Å²) in [5, 5.41) is 6.29. The lowest BCUT2D eigenvalue weighted by molar-refractivity contribution is 0.0940. The van der Waals surface area contributed by atoms with Gasteiger partial charge in [0.1, 0.15) is 0 Å². The Bertz CT molecular complexity index is 375. The molecule has 86 valence electrons. The standard InChI is InChI=1S/C13H18N2O/c1-9-5-10(2)7-11(6-9)13(16)15-12-3-4-14-8-12/h5-7,12,14H,3-4,8H2,1-2H3,(H,15,16). The van der Waals surface area contributed by atoms with E-state index in [9.17, 15) is 4.79 Å². The molecule has 3 heteroatoms. The number of benzene rings is 1. The zero-order valence-corrected chi connectivity index (χ0v) is 9.84. The van der Waals surface area contributed by atoms with Gasteiger partial charge in [-0.1, -0.05) is 17.2 Å². The molecule has 0 spiro atoms. The number of carbonyl (C=O) groups is 1. The van der Waals surface area contributed by atoms with Crippen LogP contribution in [0.3, 0.4) is 0 Å². The smallest absolute Gasteiger partial charge is 0.251 e. The van der Waals surface area contributed by atoms with E-state index in [2.05, 4.69) is 16.7 Å². The van der Waals surface area contributed by atoms with Crippen molar-refractivity contribution in [2.24, 2.45) is 0 Å². The number of hydrogen-bond acceptors (Lipinski definition) is 2. The van der Waals surface area contributed by atoms with Crippen LogP contribution in [0.25, 0.3) is 0 Å². The summed E-state index contributed by atoms with van der Waals surface area (Å²) < 4.78 is 0. The molecule has 2 rings (SSSR count). The molecule has 1 unspecified atom stereocenters. The zero-order chi connectivity index (χ0) is 11.5. The molecule has 1 atom stereocenters. The lowest BCUT2D eigenvalue weighted by Crippen LogP contribution is -2.36. The zero-order valence-electron chi connectivity index (χ0n) is 9.84. The third-order valence-electron chi connectivity index (χ3n) is 2.88. The third kappa shape index (κ3) is 2.61. The first-order valence-corrected chi connectivity index (χ1v) is 5.75.